The Hall–Kier alpha value is 0.110. The van der Waals surface area contributed by atoms with E-state index in [2.05, 4.69) is 5.32 Å². The largest absolute Gasteiger partial charge is 0.330 e. The van der Waals surface area contributed by atoms with Gasteiger partial charge in [0.1, 0.15) is 0 Å². The van der Waals surface area contributed by atoms with Crippen molar-refractivity contribution in [1.29, 1.82) is 0 Å². The first-order chi connectivity index (χ1) is 7.70. The molecule has 1 unspecified atom stereocenters. The highest BCUT2D eigenvalue weighted by Crippen LogP contribution is 2.50. The first-order valence-corrected chi connectivity index (χ1v) is 8.02. The lowest BCUT2D eigenvalue weighted by Crippen LogP contribution is -2.15. The second-order valence-corrected chi connectivity index (χ2v) is 6.28. The molecule has 0 aliphatic carbocycles. The molecule has 0 spiro atoms. The average molecular weight is 249 g/mol. The number of rotatable bonds is 6. The third kappa shape index (κ3) is 4.96. The third-order valence-corrected chi connectivity index (χ3v) is 5.10. The van der Waals surface area contributed by atoms with Crippen molar-refractivity contribution in [2.24, 2.45) is 5.92 Å². The topological polar surface area (TPSA) is 47.6 Å². The van der Waals surface area contributed by atoms with Gasteiger partial charge in [-0.1, -0.05) is 0 Å². The molecule has 0 saturated carbocycles. The van der Waals surface area contributed by atoms with E-state index in [1.165, 1.54) is 0 Å². The van der Waals surface area contributed by atoms with Crippen molar-refractivity contribution in [3.63, 3.8) is 0 Å². The molecular formula is C11H24NO3P. The predicted molar refractivity (Wildman–Crippen MR) is 65.9 cm³/mol. The van der Waals surface area contributed by atoms with Crippen molar-refractivity contribution in [2.45, 2.75) is 33.1 Å². The van der Waals surface area contributed by atoms with Crippen LogP contribution in [0.3, 0.4) is 0 Å². The van der Waals surface area contributed by atoms with Crippen LogP contribution >= 0.6 is 7.60 Å². The fourth-order valence-electron chi connectivity index (χ4n) is 2.13. The van der Waals surface area contributed by atoms with E-state index in [1.54, 1.807) is 0 Å². The predicted octanol–water partition coefficient (Wildman–Crippen LogP) is 2.64. The monoisotopic (exact) mass is 249 g/mol. The van der Waals surface area contributed by atoms with E-state index in [1.807, 2.05) is 13.8 Å². The highest BCUT2D eigenvalue weighted by Gasteiger charge is 2.28. The smallest absolute Gasteiger partial charge is 0.317 e. The Morgan fingerprint density at radius 2 is 1.88 bits per heavy atom. The summed E-state index contributed by atoms with van der Waals surface area (Å²) in [7, 11) is -2.83. The van der Waals surface area contributed by atoms with Gasteiger partial charge in [0.15, 0.2) is 0 Å². The molecule has 0 amide bonds. The van der Waals surface area contributed by atoms with Crippen LogP contribution in [0.15, 0.2) is 0 Å². The minimum atomic E-state index is -2.83. The van der Waals surface area contributed by atoms with E-state index in [0.717, 1.165) is 32.4 Å². The normalized spacial score (nSPS) is 23.0. The average Bonchev–Trinajstić information content (AvgIpc) is 2.46. The highest BCUT2D eigenvalue weighted by molar-refractivity contribution is 7.53. The molecule has 0 aromatic rings. The molecule has 1 rings (SSSR count). The van der Waals surface area contributed by atoms with Crippen LogP contribution in [-0.2, 0) is 13.6 Å². The van der Waals surface area contributed by atoms with Gasteiger partial charge in [0.25, 0.3) is 0 Å². The van der Waals surface area contributed by atoms with Gasteiger partial charge in [-0.3, -0.25) is 4.57 Å². The zero-order chi connectivity index (χ0) is 11.9. The molecule has 1 aliphatic rings. The van der Waals surface area contributed by atoms with E-state index >= 15 is 0 Å². The van der Waals surface area contributed by atoms with Gasteiger partial charge >= 0.3 is 7.60 Å². The first kappa shape index (κ1) is 14.2. The first-order valence-electron chi connectivity index (χ1n) is 6.29. The van der Waals surface area contributed by atoms with Gasteiger partial charge in [-0.05, 0) is 52.1 Å². The second kappa shape index (κ2) is 7.44. The maximum Gasteiger partial charge on any atom is 0.330 e. The lowest BCUT2D eigenvalue weighted by Gasteiger charge is -2.21. The quantitative estimate of drug-likeness (QED) is 0.735. The molecule has 0 aromatic carbocycles. The van der Waals surface area contributed by atoms with Crippen molar-refractivity contribution in [3.8, 4) is 0 Å². The maximum atomic E-state index is 12.3. The molecule has 0 aromatic heterocycles. The molecule has 1 heterocycles. The van der Waals surface area contributed by atoms with Crippen LogP contribution in [0.2, 0.25) is 0 Å². The molecule has 1 N–H and O–H groups in total. The standard InChI is InChI=1S/C11H24NO3P/c1-3-14-16(13,15-4-2)10-11-6-5-8-12-9-7-11/h11-12H,3-10H2,1-2H3. The molecule has 1 aliphatic heterocycles. The summed E-state index contributed by atoms with van der Waals surface area (Å²) in [5.41, 5.74) is 0. The van der Waals surface area contributed by atoms with Crippen LogP contribution in [-0.4, -0.2) is 32.5 Å². The molecule has 1 fully saturated rings. The van der Waals surface area contributed by atoms with Crippen molar-refractivity contribution >= 4 is 7.60 Å². The fraction of sp³-hybridized carbons (Fsp3) is 1.00. The summed E-state index contributed by atoms with van der Waals surface area (Å²) in [4.78, 5) is 0. The van der Waals surface area contributed by atoms with Crippen LogP contribution in [0, 0.1) is 5.92 Å². The third-order valence-electron chi connectivity index (χ3n) is 2.83. The zero-order valence-corrected chi connectivity index (χ0v) is 11.3. The number of hydrogen-bond donors (Lipinski definition) is 1. The summed E-state index contributed by atoms with van der Waals surface area (Å²) < 4.78 is 23.0. The molecule has 5 heteroatoms. The van der Waals surface area contributed by atoms with E-state index in [-0.39, 0.29) is 0 Å². The van der Waals surface area contributed by atoms with E-state index < -0.39 is 7.60 Å². The van der Waals surface area contributed by atoms with Crippen LogP contribution < -0.4 is 5.32 Å². The second-order valence-electron chi connectivity index (χ2n) is 4.18. The van der Waals surface area contributed by atoms with Crippen LogP contribution in [0.25, 0.3) is 0 Å². The summed E-state index contributed by atoms with van der Waals surface area (Å²) in [5.74, 6) is 0.471. The molecule has 96 valence electrons. The molecule has 0 bridgehead atoms. The van der Waals surface area contributed by atoms with E-state index in [0.29, 0.717) is 25.3 Å². The van der Waals surface area contributed by atoms with Gasteiger partial charge in [0.05, 0.1) is 19.4 Å². The Bertz CT molecular complexity index is 217. The Morgan fingerprint density at radius 3 is 2.50 bits per heavy atom. The fourth-order valence-corrected chi connectivity index (χ4v) is 4.20. The van der Waals surface area contributed by atoms with E-state index in [9.17, 15) is 4.57 Å². The Kier molecular flexibility index (Phi) is 6.59. The summed E-state index contributed by atoms with van der Waals surface area (Å²) in [6.45, 7) is 6.73. The molecule has 1 saturated heterocycles. The summed E-state index contributed by atoms with van der Waals surface area (Å²) >= 11 is 0. The van der Waals surface area contributed by atoms with Crippen molar-refractivity contribution in [3.05, 3.63) is 0 Å². The number of hydrogen-bond acceptors (Lipinski definition) is 4. The lowest BCUT2D eigenvalue weighted by molar-refractivity contribution is 0.215. The SMILES string of the molecule is CCOP(=O)(CC1CCCNCC1)OCC. The van der Waals surface area contributed by atoms with Crippen molar-refractivity contribution < 1.29 is 13.6 Å². The molecule has 16 heavy (non-hydrogen) atoms. The Labute approximate surface area is 98.6 Å². The molecule has 4 nitrogen and oxygen atoms in total. The minimum Gasteiger partial charge on any atom is -0.317 e. The maximum absolute atomic E-state index is 12.3. The minimum absolute atomic E-state index is 0.461. The van der Waals surface area contributed by atoms with Gasteiger partial charge in [-0.2, -0.15) is 0 Å². The van der Waals surface area contributed by atoms with Crippen LogP contribution in [0.1, 0.15) is 33.1 Å². The summed E-state index contributed by atoms with van der Waals surface area (Å²) in [5, 5.41) is 3.36. The Balaban J connectivity index is 2.48. The molecule has 0 radical (unpaired) electrons. The highest BCUT2D eigenvalue weighted by atomic mass is 31.2. The van der Waals surface area contributed by atoms with Crippen molar-refractivity contribution in [1.82, 2.24) is 5.32 Å². The zero-order valence-electron chi connectivity index (χ0n) is 10.4. The van der Waals surface area contributed by atoms with E-state index in [4.69, 9.17) is 9.05 Å². The summed E-state index contributed by atoms with van der Waals surface area (Å²) in [6, 6.07) is 0. The number of nitrogens with one attached hydrogen (secondary N) is 1. The Morgan fingerprint density at radius 1 is 1.19 bits per heavy atom. The van der Waals surface area contributed by atoms with Gasteiger partial charge in [0.2, 0.25) is 0 Å². The summed E-state index contributed by atoms with van der Waals surface area (Å²) in [6.07, 6.45) is 3.93. The van der Waals surface area contributed by atoms with Crippen molar-refractivity contribution in [2.75, 3.05) is 32.5 Å². The van der Waals surface area contributed by atoms with Gasteiger partial charge in [-0.15, -0.1) is 0 Å². The lowest BCUT2D eigenvalue weighted by atomic mass is 10.0. The van der Waals surface area contributed by atoms with Crippen LogP contribution in [0.4, 0.5) is 0 Å². The molecule has 1 atom stereocenters. The van der Waals surface area contributed by atoms with Gasteiger partial charge in [0, 0.05) is 0 Å². The molecular weight excluding hydrogens is 225 g/mol. The van der Waals surface area contributed by atoms with Gasteiger partial charge in [-0.25, -0.2) is 0 Å². The van der Waals surface area contributed by atoms with Gasteiger partial charge < -0.3 is 14.4 Å². The van der Waals surface area contributed by atoms with Crippen LogP contribution in [0.5, 0.6) is 0 Å².